The molecule has 0 amide bonds. The molecular formula is C15H27N3O. The standard InChI is InChI=1S/C15H27N3O/c1-7-19-15(5,6)14-17-11(3)13(12(4)18-14)8-10(2)9-16/h10H,7-9,16H2,1-6H3. The van der Waals surface area contributed by atoms with Crippen LogP contribution in [0.2, 0.25) is 0 Å². The lowest BCUT2D eigenvalue weighted by molar-refractivity contribution is -0.0210. The fourth-order valence-electron chi connectivity index (χ4n) is 2.16. The Hall–Kier alpha value is -1.00. The molecule has 0 bridgehead atoms. The zero-order valence-electron chi connectivity index (χ0n) is 13.1. The Kier molecular flexibility index (Phi) is 5.44. The van der Waals surface area contributed by atoms with Crippen molar-refractivity contribution in [2.24, 2.45) is 11.7 Å². The zero-order chi connectivity index (χ0) is 14.6. The monoisotopic (exact) mass is 265 g/mol. The number of nitrogens with two attached hydrogens (primary N) is 1. The molecule has 108 valence electrons. The number of rotatable bonds is 6. The van der Waals surface area contributed by atoms with E-state index in [-0.39, 0.29) is 0 Å². The third kappa shape index (κ3) is 3.98. The first-order chi connectivity index (χ1) is 8.81. The van der Waals surface area contributed by atoms with E-state index in [9.17, 15) is 0 Å². The molecule has 1 rings (SSSR count). The van der Waals surface area contributed by atoms with Crippen LogP contribution < -0.4 is 5.73 Å². The molecule has 0 radical (unpaired) electrons. The normalized spacial score (nSPS) is 13.6. The summed E-state index contributed by atoms with van der Waals surface area (Å²) in [6.45, 7) is 13.6. The fourth-order valence-corrected chi connectivity index (χ4v) is 2.16. The Morgan fingerprint density at radius 2 is 1.74 bits per heavy atom. The molecule has 1 unspecified atom stereocenters. The van der Waals surface area contributed by atoms with Crippen LogP contribution >= 0.6 is 0 Å². The predicted octanol–water partition coefficient (Wildman–Crippen LogP) is 2.50. The SMILES string of the molecule is CCOC(C)(C)c1nc(C)c(CC(C)CN)c(C)n1. The lowest BCUT2D eigenvalue weighted by Crippen LogP contribution is -2.26. The second-order valence-corrected chi connectivity index (χ2v) is 5.68. The highest BCUT2D eigenvalue weighted by atomic mass is 16.5. The Morgan fingerprint density at radius 3 is 2.16 bits per heavy atom. The van der Waals surface area contributed by atoms with Crippen molar-refractivity contribution >= 4 is 0 Å². The van der Waals surface area contributed by atoms with E-state index in [2.05, 4.69) is 16.9 Å². The molecule has 0 saturated heterocycles. The molecule has 0 spiro atoms. The summed E-state index contributed by atoms with van der Waals surface area (Å²) in [7, 11) is 0. The lowest BCUT2D eigenvalue weighted by Gasteiger charge is -2.24. The van der Waals surface area contributed by atoms with Gasteiger partial charge in [0.05, 0.1) is 0 Å². The van der Waals surface area contributed by atoms with Gasteiger partial charge in [-0.1, -0.05) is 6.92 Å². The van der Waals surface area contributed by atoms with Crippen molar-refractivity contribution in [3.8, 4) is 0 Å². The van der Waals surface area contributed by atoms with E-state index in [1.54, 1.807) is 0 Å². The summed E-state index contributed by atoms with van der Waals surface area (Å²) >= 11 is 0. The summed E-state index contributed by atoms with van der Waals surface area (Å²) < 4.78 is 5.72. The molecule has 0 aromatic carbocycles. The molecule has 2 N–H and O–H groups in total. The first-order valence-corrected chi connectivity index (χ1v) is 7.00. The van der Waals surface area contributed by atoms with Crippen molar-refractivity contribution in [3.05, 3.63) is 22.8 Å². The minimum absolute atomic E-state index is 0.442. The molecule has 0 aliphatic carbocycles. The number of hydrogen-bond acceptors (Lipinski definition) is 4. The van der Waals surface area contributed by atoms with Crippen molar-refractivity contribution in [1.29, 1.82) is 0 Å². The van der Waals surface area contributed by atoms with E-state index in [0.717, 1.165) is 23.6 Å². The van der Waals surface area contributed by atoms with Crippen LogP contribution in [0.15, 0.2) is 0 Å². The quantitative estimate of drug-likeness (QED) is 0.858. The van der Waals surface area contributed by atoms with E-state index in [0.29, 0.717) is 19.1 Å². The molecule has 0 saturated carbocycles. The number of nitrogens with zero attached hydrogens (tertiary/aromatic N) is 2. The molecule has 0 aliphatic rings. The van der Waals surface area contributed by atoms with Crippen molar-refractivity contribution < 1.29 is 4.74 Å². The first-order valence-electron chi connectivity index (χ1n) is 7.00. The fraction of sp³-hybridized carbons (Fsp3) is 0.733. The topological polar surface area (TPSA) is 61.0 Å². The molecule has 0 aliphatic heterocycles. The van der Waals surface area contributed by atoms with Crippen LogP contribution in [0, 0.1) is 19.8 Å². The van der Waals surface area contributed by atoms with Crippen LogP contribution in [0.3, 0.4) is 0 Å². The summed E-state index contributed by atoms with van der Waals surface area (Å²) in [5.74, 6) is 1.21. The van der Waals surface area contributed by atoms with Crippen LogP contribution in [0.1, 0.15) is 50.5 Å². The van der Waals surface area contributed by atoms with E-state index < -0.39 is 5.60 Å². The summed E-state index contributed by atoms with van der Waals surface area (Å²) in [6.07, 6.45) is 0.934. The maximum Gasteiger partial charge on any atom is 0.160 e. The molecular weight excluding hydrogens is 238 g/mol. The van der Waals surface area contributed by atoms with Gasteiger partial charge in [-0.25, -0.2) is 9.97 Å². The third-order valence-corrected chi connectivity index (χ3v) is 3.42. The molecule has 1 heterocycles. The van der Waals surface area contributed by atoms with Gasteiger partial charge in [0.1, 0.15) is 5.60 Å². The highest BCUT2D eigenvalue weighted by molar-refractivity contribution is 5.26. The van der Waals surface area contributed by atoms with Crippen LogP contribution in [0.25, 0.3) is 0 Å². The zero-order valence-corrected chi connectivity index (χ0v) is 13.1. The molecule has 1 atom stereocenters. The first kappa shape index (κ1) is 16.1. The predicted molar refractivity (Wildman–Crippen MR) is 78.1 cm³/mol. The van der Waals surface area contributed by atoms with Gasteiger partial charge in [-0.2, -0.15) is 0 Å². The summed E-state index contributed by atoms with van der Waals surface area (Å²) in [5.41, 5.74) is 8.55. The molecule has 0 fully saturated rings. The second-order valence-electron chi connectivity index (χ2n) is 5.68. The third-order valence-electron chi connectivity index (χ3n) is 3.42. The number of aryl methyl sites for hydroxylation is 2. The van der Waals surface area contributed by atoms with Crippen LogP contribution in [0.4, 0.5) is 0 Å². The molecule has 1 aromatic rings. The Morgan fingerprint density at radius 1 is 1.21 bits per heavy atom. The van der Waals surface area contributed by atoms with Crippen LogP contribution in [0.5, 0.6) is 0 Å². The van der Waals surface area contributed by atoms with E-state index in [4.69, 9.17) is 10.5 Å². The second kappa shape index (κ2) is 6.44. The Labute approximate surface area is 116 Å². The van der Waals surface area contributed by atoms with Gasteiger partial charge in [-0.15, -0.1) is 0 Å². The maximum absolute atomic E-state index is 5.72. The number of aromatic nitrogens is 2. The van der Waals surface area contributed by atoms with Gasteiger partial charge in [0.15, 0.2) is 5.82 Å². The minimum Gasteiger partial charge on any atom is -0.368 e. The summed E-state index contributed by atoms with van der Waals surface area (Å²) in [4.78, 5) is 9.27. The number of ether oxygens (including phenoxy) is 1. The van der Waals surface area contributed by atoms with Gasteiger partial charge in [-0.3, -0.25) is 0 Å². The number of hydrogen-bond donors (Lipinski definition) is 1. The molecule has 19 heavy (non-hydrogen) atoms. The van der Waals surface area contributed by atoms with Crippen molar-refractivity contribution in [1.82, 2.24) is 9.97 Å². The maximum atomic E-state index is 5.72. The highest BCUT2D eigenvalue weighted by Gasteiger charge is 2.25. The lowest BCUT2D eigenvalue weighted by atomic mass is 9.98. The highest BCUT2D eigenvalue weighted by Crippen LogP contribution is 2.24. The molecule has 1 aromatic heterocycles. The minimum atomic E-state index is -0.442. The van der Waals surface area contributed by atoms with Gasteiger partial charge >= 0.3 is 0 Å². The van der Waals surface area contributed by atoms with Crippen LogP contribution in [-0.2, 0) is 16.8 Å². The summed E-state index contributed by atoms with van der Waals surface area (Å²) in [5, 5.41) is 0. The van der Waals surface area contributed by atoms with E-state index >= 15 is 0 Å². The van der Waals surface area contributed by atoms with Gasteiger partial charge < -0.3 is 10.5 Å². The smallest absolute Gasteiger partial charge is 0.160 e. The van der Waals surface area contributed by atoms with Gasteiger partial charge in [0, 0.05) is 18.0 Å². The van der Waals surface area contributed by atoms with Crippen molar-refractivity contribution in [3.63, 3.8) is 0 Å². The largest absolute Gasteiger partial charge is 0.368 e. The Balaban J connectivity index is 3.09. The molecule has 4 heteroatoms. The van der Waals surface area contributed by atoms with Crippen molar-refractivity contribution in [2.75, 3.05) is 13.2 Å². The average Bonchev–Trinajstić information content (AvgIpc) is 2.33. The van der Waals surface area contributed by atoms with Crippen LogP contribution in [-0.4, -0.2) is 23.1 Å². The van der Waals surface area contributed by atoms with Gasteiger partial charge in [0.25, 0.3) is 0 Å². The van der Waals surface area contributed by atoms with Gasteiger partial charge in [-0.05, 0) is 59.1 Å². The Bertz CT molecular complexity index is 406. The van der Waals surface area contributed by atoms with E-state index in [1.807, 2.05) is 34.6 Å². The van der Waals surface area contributed by atoms with E-state index in [1.165, 1.54) is 5.56 Å². The average molecular weight is 265 g/mol. The summed E-state index contributed by atoms with van der Waals surface area (Å²) in [6, 6.07) is 0. The van der Waals surface area contributed by atoms with Crippen molar-refractivity contribution in [2.45, 2.75) is 53.6 Å². The molecule has 4 nitrogen and oxygen atoms in total. The van der Waals surface area contributed by atoms with Gasteiger partial charge in [0.2, 0.25) is 0 Å².